The van der Waals surface area contributed by atoms with Crippen LogP contribution in [0, 0.1) is 0 Å². The first-order valence-electron chi connectivity index (χ1n) is 8.26. The van der Waals surface area contributed by atoms with E-state index in [1.54, 1.807) is 0 Å². The van der Waals surface area contributed by atoms with Gasteiger partial charge >= 0.3 is 0 Å². The van der Waals surface area contributed by atoms with E-state index in [1.165, 1.54) is 11.3 Å². The summed E-state index contributed by atoms with van der Waals surface area (Å²) in [5.41, 5.74) is 2.19. The van der Waals surface area contributed by atoms with E-state index in [1.807, 2.05) is 42.5 Å². The van der Waals surface area contributed by atoms with Crippen molar-refractivity contribution in [1.82, 2.24) is 10.3 Å². The lowest BCUT2D eigenvalue weighted by Gasteiger charge is -2.13. The van der Waals surface area contributed by atoms with Crippen molar-refractivity contribution in [3.8, 4) is 10.6 Å². The van der Waals surface area contributed by atoms with Crippen LogP contribution in [0.5, 0.6) is 0 Å². The first-order valence-corrected chi connectivity index (χ1v) is 9.45. The minimum Gasteiger partial charge on any atom is -0.376 e. The Hall–Kier alpha value is -1.95. The number of para-hydroxylation sites is 1. The van der Waals surface area contributed by atoms with E-state index >= 15 is 0 Å². The summed E-state index contributed by atoms with van der Waals surface area (Å²) in [5, 5.41) is 3.85. The van der Waals surface area contributed by atoms with Crippen LogP contribution in [0.15, 0.2) is 42.5 Å². The van der Waals surface area contributed by atoms with Crippen LogP contribution in [0.1, 0.15) is 23.2 Å². The minimum absolute atomic E-state index is 0.0991. The van der Waals surface area contributed by atoms with Crippen LogP contribution in [0.25, 0.3) is 21.5 Å². The lowest BCUT2D eigenvalue weighted by molar-refractivity contribution is 0.0859. The fourth-order valence-corrected chi connectivity index (χ4v) is 4.05. The van der Waals surface area contributed by atoms with E-state index in [9.17, 15) is 4.79 Å². The average molecular weight is 373 g/mol. The zero-order valence-corrected chi connectivity index (χ0v) is 15.1. The molecule has 1 amide bonds. The number of thiophene rings is 1. The number of hydrogen-bond acceptors (Lipinski definition) is 4. The molecule has 1 N–H and O–H groups in total. The number of aromatic nitrogens is 1. The van der Waals surface area contributed by atoms with Gasteiger partial charge in [0.2, 0.25) is 0 Å². The molecule has 3 aromatic rings. The second kappa shape index (κ2) is 7.12. The predicted molar refractivity (Wildman–Crippen MR) is 101 cm³/mol. The molecule has 0 aliphatic carbocycles. The number of nitrogens with zero attached hydrogens (tertiary/aromatic N) is 1. The molecule has 4 nitrogen and oxygen atoms in total. The molecule has 1 saturated heterocycles. The highest BCUT2D eigenvalue weighted by Crippen LogP contribution is 2.32. The Bertz CT molecular complexity index is 919. The smallest absolute Gasteiger partial charge is 0.252 e. The van der Waals surface area contributed by atoms with E-state index in [4.69, 9.17) is 16.3 Å². The third-order valence-electron chi connectivity index (χ3n) is 4.30. The quantitative estimate of drug-likeness (QED) is 0.732. The minimum atomic E-state index is -0.0991. The van der Waals surface area contributed by atoms with Gasteiger partial charge in [0.05, 0.1) is 32.1 Å². The molecule has 1 aromatic carbocycles. The number of carbonyl (C=O) groups is 1. The van der Waals surface area contributed by atoms with Crippen molar-refractivity contribution in [1.29, 1.82) is 0 Å². The Morgan fingerprint density at radius 2 is 2.20 bits per heavy atom. The summed E-state index contributed by atoms with van der Waals surface area (Å²) < 4.78 is 6.29. The van der Waals surface area contributed by atoms with Crippen molar-refractivity contribution in [2.45, 2.75) is 18.9 Å². The van der Waals surface area contributed by atoms with E-state index in [0.29, 0.717) is 16.4 Å². The molecule has 128 valence electrons. The number of fused-ring (bicyclic) bond motifs is 1. The van der Waals surface area contributed by atoms with Crippen molar-refractivity contribution in [2.75, 3.05) is 13.2 Å². The SMILES string of the molecule is O=C(NCC1CCCO1)c1cc(-c2ccc(Cl)s2)nc2ccccc12. The molecule has 0 spiro atoms. The molecule has 1 aliphatic rings. The number of carbonyl (C=O) groups excluding carboxylic acids is 1. The summed E-state index contributed by atoms with van der Waals surface area (Å²) in [5.74, 6) is -0.0991. The maximum Gasteiger partial charge on any atom is 0.252 e. The zero-order valence-electron chi connectivity index (χ0n) is 13.5. The van der Waals surface area contributed by atoms with Gasteiger partial charge in [-0.3, -0.25) is 4.79 Å². The summed E-state index contributed by atoms with van der Waals surface area (Å²) in [7, 11) is 0. The largest absolute Gasteiger partial charge is 0.376 e. The lowest BCUT2D eigenvalue weighted by Crippen LogP contribution is -2.31. The summed E-state index contributed by atoms with van der Waals surface area (Å²) in [6.07, 6.45) is 2.17. The highest BCUT2D eigenvalue weighted by molar-refractivity contribution is 7.19. The number of benzene rings is 1. The lowest BCUT2D eigenvalue weighted by atomic mass is 10.1. The number of amides is 1. The second-order valence-electron chi connectivity index (χ2n) is 6.02. The van der Waals surface area contributed by atoms with E-state index < -0.39 is 0 Å². The van der Waals surface area contributed by atoms with Gasteiger partial charge in [0.1, 0.15) is 0 Å². The molecule has 0 saturated carbocycles. The Kier molecular flexibility index (Phi) is 4.70. The van der Waals surface area contributed by atoms with Crippen LogP contribution in [0.4, 0.5) is 0 Å². The summed E-state index contributed by atoms with van der Waals surface area (Å²) in [6.45, 7) is 1.32. The summed E-state index contributed by atoms with van der Waals surface area (Å²) >= 11 is 7.51. The van der Waals surface area contributed by atoms with E-state index in [2.05, 4.69) is 10.3 Å². The fourth-order valence-electron chi connectivity index (χ4n) is 3.05. The zero-order chi connectivity index (χ0) is 17.2. The maximum absolute atomic E-state index is 12.8. The Balaban J connectivity index is 1.69. The molecule has 2 aromatic heterocycles. The van der Waals surface area contributed by atoms with Gasteiger partial charge in [-0.1, -0.05) is 29.8 Å². The standard InChI is InChI=1S/C19H17ClN2O2S/c20-18-8-7-17(25-18)16-10-14(13-5-1-2-6-15(13)22-16)19(23)21-11-12-4-3-9-24-12/h1-2,5-8,10,12H,3-4,9,11H2,(H,21,23). The molecule has 4 rings (SSSR count). The third-order valence-corrected chi connectivity index (χ3v) is 5.55. The van der Waals surface area contributed by atoms with Crippen LogP contribution in [0.3, 0.4) is 0 Å². The normalized spacial score (nSPS) is 17.1. The van der Waals surface area contributed by atoms with Gasteiger partial charge in [0.15, 0.2) is 0 Å². The van der Waals surface area contributed by atoms with Crippen molar-refractivity contribution >= 4 is 39.7 Å². The molecule has 1 aliphatic heterocycles. The van der Waals surface area contributed by atoms with Crippen LogP contribution < -0.4 is 5.32 Å². The molecule has 0 radical (unpaired) electrons. The van der Waals surface area contributed by atoms with E-state index in [-0.39, 0.29) is 12.0 Å². The Morgan fingerprint density at radius 1 is 1.32 bits per heavy atom. The van der Waals surface area contributed by atoms with Crippen LogP contribution in [-0.4, -0.2) is 30.1 Å². The molecule has 0 bridgehead atoms. The maximum atomic E-state index is 12.8. The molecule has 1 atom stereocenters. The average Bonchev–Trinajstić information content (AvgIpc) is 3.30. The van der Waals surface area contributed by atoms with Crippen molar-refractivity contribution in [2.24, 2.45) is 0 Å². The number of nitrogens with one attached hydrogen (secondary N) is 1. The van der Waals surface area contributed by atoms with Gasteiger partial charge < -0.3 is 10.1 Å². The topological polar surface area (TPSA) is 51.2 Å². The Morgan fingerprint density at radius 3 is 2.96 bits per heavy atom. The van der Waals surface area contributed by atoms with Crippen LogP contribution in [-0.2, 0) is 4.74 Å². The van der Waals surface area contributed by atoms with Gasteiger partial charge in [-0.15, -0.1) is 11.3 Å². The summed E-state index contributed by atoms with van der Waals surface area (Å²) in [4.78, 5) is 18.4. The van der Waals surface area contributed by atoms with Crippen molar-refractivity contribution in [3.05, 3.63) is 52.4 Å². The molecule has 1 fully saturated rings. The molecule has 3 heterocycles. The second-order valence-corrected chi connectivity index (χ2v) is 7.74. The van der Waals surface area contributed by atoms with Crippen LogP contribution >= 0.6 is 22.9 Å². The number of halogens is 1. The van der Waals surface area contributed by atoms with Gasteiger partial charge in [-0.05, 0) is 37.1 Å². The number of ether oxygens (including phenoxy) is 1. The first kappa shape index (κ1) is 16.5. The van der Waals surface area contributed by atoms with Gasteiger partial charge in [-0.25, -0.2) is 4.98 Å². The highest BCUT2D eigenvalue weighted by atomic mass is 35.5. The summed E-state index contributed by atoms with van der Waals surface area (Å²) in [6, 6.07) is 13.3. The molecular weight excluding hydrogens is 356 g/mol. The Labute approximate surface area is 154 Å². The molecular formula is C19H17ClN2O2S. The third kappa shape index (κ3) is 3.54. The number of pyridine rings is 1. The number of hydrogen-bond donors (Lipinski definition) is 1. The van der Waals surface area contributed by atoms with Crippen molar-refractivity contribution in [3.63, 3.8) is 0 Å². The monoisotopic (exact) mass is 372 g/mol. The predicted octanol–water partition coefficient (Wildman–Crippen LogP) is 4.53. The number of rotatable bonds is 4. The van der Waals surface area contributed by atoms with Crippen LogP contribution in [0.2, 0.25) is 4.34 Å². The van der Waals surface area contributed by atoms with Gasteiger partial charge in [0.25, 0.3) is 5.91 Å². The van der Waals surface area contributed by atoms with Gasteiger partial charge in [0, 0.05) is 18.5 Å². The fraction of sp³-hybridized carbons (Fsp3) is 0.263. The molecule has 1 unspecified atom stereocenters. The molecule has 6 heteroatoms. The first-order chi connectivity index (χ1) is 12.2. The van der Waals surface area contributed by atoms with E-state index in [0.717, 1.165) is 40.9 Å². The van der Waals surface area contributed by atoms with Crippen molar-refractivity contribution < 1.29 is 9.53 Å². The highest BCUT2D eigenvalue weighted by Gasteiger charge is 2.19. The van der Waals surface area contributed by atoms with Gasteiger partial charge in [-0.2, -0.15) is 0 Å². The molecule has 25 heavy (non-hydrogen) atoms.